The Morgan fingerprint density at radius 1 is 1.27 bits per heavy atom. The maximum absolute atomic E-state index is 13.1. The van der Waals surface area contributed by atoms with Crippen molar-refractivity contribution in [1.82, 2.24) is 9.88 Å². The molecule has 0 bridgehead atoms. The summed E-state index contributed by atoms with van der Waals surface area (Å²) in [6.45, 7) is 2.38. The van der Waals surface area contributed by atoms with E-state index in [0.717, 1.165) is 17.0 Å². The first kappa shape index (κ1) is 20.8. The van der Waals surface area contributed by atoms with Gasteiger partial charge in [0, 0.05) is 17.0 Å². The lowest BCUT2D eigenvalue weighted by molar-refractivity contribution is -0.133. The number of aryl methyl sites for hydroxylation is 1. The number of aromatic nitrogens is 1. The number of sulfone groups is 1. The van der Waals surface area contributed by atoms with E-state index in [1.807, 2.05) is 5.38 Å². The number of furan rings is 1. The summed E-state index contributed by atoms with van der Waals surface area (Å²) >= 11 is 1.51. The number of carbonyl (C=O) groups excluding carboxylic acids is 1. The number of rotatable bonds is 7. The van der Waals surface area contributed by atoms with Crippen LogP contribution in [0.3, 0.4) is 0 Å². The van der Waals surface area contributed by atoms with Crippen LogP contribution in [0.15, 0.2) is 52.5 Å². The topological polar surface area (TPSA) is 80.5 Å². The van der Waals surface area contributed by atoms with Crippen molar-refractivity contribution in [3.05, 3.63) is 65.1 Å². The fourth-order valence-electron chi connectivity index (χ4n) is 3.67. The largest absolute Gasteiger partial charge is 0.467 e. The maximum atomic E-state index is 13.1. The molecule has 1 atom stereocenters. The van der Waals surface area contributed by atoms with Gasteiger partial charge in [0.05, 0.1) is 36.4 Å². The summed E-state index contributed by atoms with van der Waals surface area (Å²) in [4.78, 5) is 19.4. The molecule has 1 saturated heterocycles. The summed E-state index contributed by atoms with van der Waals surface area (Å²) in [5, 5.41) is 2.78. The second-order valence-corrected chi connectivity index (χ2v) is 10.6. The molecule has 30 heavy (non-hydrogen) atoms. The van der Waals surface area contributed by atoms with Crippen molar-refractivity contribution in [2.45, 2.75) is 38.8 Å². The molecule has 1 aliphatic heterocycles. The van der Waals surface area contributed by atoms with Crippen molar-refractivity contribution in [1.29, 1.82) is 0 Å². The second-order valence-electron chi connectivity index (χ2n) is 7.53. The molecular formula is C22H24N2O4S2. The Hall–Kier alpha value is -2.45. The van der Waals surface area contributed by atoms with Gasteiger partial charge in [-0.05, 0) is 30.5 Å². The highest BCUT2D eigenvalue weighted by molar-refractivity contribution is 7.91. The zero-order chi connectivity index (χ0) is 21.1. The SMILES string of the molecule is CCc1ccc(-c2nc(CC(=O)N(Cc3ccco3)[C@H]3CCS(=O)(=O)C3)cs2)cc1. The highest BCUT2D eigenvalue weighted by Crippen LogP contribution is 2.26. The Balaban J connectivity index is 1.50. The van der Waals surface area contributed by atoms with Crippen LogP contribution in [0.5, 0.6) is 0 Å². The third kappa shape index (κ3) is 4.82. The van der Waals surface area contributed by atoms with Gasteiger partial charge in [0.15, 0.2) is 9.84 Å². The van der Waals surface area contributed by atoms with Crippen molar-refractivity contribution < 1.29 is 17.6 Å². The van der Waals surface area contributed by atoms with E-state index in [4.69, 9.17) is 4.42 Å². The van der Waals surface area contributed by atoms with E-state index in [1.54, 1.807) is 23.3 Å². The molecule has 0 N–H and O–H groups in total. The number of nitrogens with zero attached hydrogens (tertiary/aromatic N) is 2. The van der Waals surface area contributed by atoms with Crippen LogP contribution in [0.2, 0.25) is 0 Å². The van der Waals surface area contributed by atoms with Crippen LogP contribution in [0.1, 0.15) is 30.4 Å². The molecule has 2 aromatic heterocycles. The second kappa shape index (κ2) is 8.73. The van der Waals surface area contributed by atoms with Gasteiger partial charge in [0.1, 0.15) is 10.8 Å². The van der Waals surface area contributed by atoms with Crippen molar-refractivity contribution in [2.75, 3.05) is 11.5 Å². The van der Waals surface area contributed by atoms with E-state index < -0.39 is 9.84 Å². The van der Waals surface area contributed by atoms with Crippen molar-refractivity contribution in [2.24, 2.45) is 0 Å². The molecule has 0 radical (unpaired) electrons. The molecule has 0 saturated carbocycles. The molecule has 6 nitrogen and oxygen atoms in total. The van der Waals surface area contributed by atoms with E-state index in [1.165, 1.54) is 16.9 Å². The molecule has 1 aromatic carbocycles. The zero-order valence-electron chi connectivity index (χ0n) is 16.8. The fourth-order valence-corrected chi connectivity index (χ4v) is 6.23. The Morgan fingerprint density at radius 2 is 2.07 bits per heavy atom. The summed E-state index contributed by atoms with van der Waals surface area (Å²) in [5.41, 5.74) is 3.00. The standard InChI is InChI=1S/C22H24N2O4S2/c1-2-16-5-7-17(8-6-16)22-23-18(14-29-22)12-21(25)24(13-20-4-3-10-28-20)19-9-11-30(26,27)15-19/h3-8,10,14,19H,2,9,11-13,15H2,1H3/t19-/m0/s1. The maximum Gasteiger partial charge on any atom is 0.229 e. The van der Waals surface area contributed by atoms with Crippen molar-refractivity contribution >= 4 is 27.1 Å². The van der Waals surface area contributed by atoms with E-state index in [2.05, 4.69) is 36.2 Å². The zero-order valence-corrected chi connectivity index (χ0v) is 18.4. The monoisotopic (exact) mass is 444 g/mol. The average Bonchev–Trinajstić information content (AvgIpc) is 3.47. The molecule has 0 aliphatic carbocycles. The number of carbonyl (C=O) groups is 1. The molecule has 1 amide bonds. The normalized spacial score (nSPS) is 17.8. The molecule has 0 unspecified atom stereocenters. The molecule has 3 aromatic rings. The van der Waals surface area contributed by atoms with Crippen LogP contribution < -0.4 is 0 Å². The average molecular weight is 445 g/mol. The third-order valence-electron chi connectivity index (χ3n) is 5.37. The predicted octanol–water partition coefficient (Wildman–Crippen LogP) is 3.72. The number of hydrogen-bond donors (Lipinski definition) is 0. The van der Waals surface area contributed by atoms with Gasteiger partial charge in [-0.3, -0.25) is 4.79 Å². The van der Waals surface area contributed by atoms with Crippen LogP contribution in [0, 0.1) is 0 Å². The van der Waals surface area contributed by atoms with Crippen LogP contribution in [0.4, 0.5) is 0 Å². The molecule has 4 rings (SSSR count). The van der Waals surface area contributed by atoms with Crippen LogP contribution in [0.25, 0.3) is 10.6 Å². The number of thiazole rings is 1. The molecule has 3 heterocycles. The first-order valence-corrected chi connectivity index (χ1v) is 12.7. The summed E-state index contributed by atoms with van der Waals surface area (Å²) in [6.07, 6.45) is 3.14. The van der Waals surface area contributed by atoms with Gasteiger partial charge in [0.25, 0.3) is 0 Å². The third-order valence-corrected chi connectivity index (χ3v) is 8.06. The molecule has 1 aliphatic rings. The highest BCUT2D eigenvalue weighted by atomic mass is 32.2. The minimum atomic E-state index is -3.10. The van der Waals surface area contributed by atoms with Gasteiger partial charge in [-0.1, -0.05) is 31.2 Å². The summed E-state index contributed by atoms with van der Waals surface area (Å²) in [6, 6.07) is 11.5. The Labute approximate surface area is 180 Å². The highest BCUT2D eigenvalue weighted by Gasteiger charge is 2.35. The van der Waals surface area contributed by atoms with Crippen LogP contribution >= 0.6 is 11.3 Å². The number of amides is 1. The molecular weight excluding hydrogens is 420 g/mol. The van der Waals surface area contributed by atoms with E-state index in [0.29, 0.717) is 17.9 Å². The fraction of sp³-hybridized carbons (Fsp3) is 0.364. The lowest BCUT2D eigenvalue weighted by Gasteiger charge is -2.27. The molecule has 8 heteroatoms. The summed E-state index contributed by atoms with van der Waals surface area (Å²) < 4.78 is 29.3. The smallest absolute Gasteiger partial charge is 0.229 e. The lowest BCUT2D eigenvalue weighted by atomic mass is 10.1. The van der Waals surface area contributed by atoms with Crippen LogP contribution in [-0.2, 0) is 34.0 Å². The molecule has 1 fully saturated rings. The van der Waals surface area contributed by atoms with Gasteiger partial charge in [-0.15, -0.1) is 11.3 Å². The lowest BCUT2D eigenvalue weighted by Crippen LogP contribution is -2.41. The molecule has 158 valence electrons. The Bertz CT molecular complexity index is 1100. The summed E-state index contributed by atoms with van der Waals surface area (Å²) in [5.74, 6) is 0.633. The van der Waals surface area contributed by atoms with Gasteiger partial charge in [-0.25, -0.2) is 13.4 Å². The van der Waals surface area contributed by atoms with Crippen molar-refractivity contribution in [3.8, 4) is 10.6 Å². The van der Waals surface area contributed by atoms with Gasteiger partial charge < -0.3 is 9.32 Å². The van der Waals surface area contributed by atoms with Gasteiger partial charge >= 0.3 is 0 Å². The van der Waals surface area contributed by atoms with E-state index in [9.17, 15) is 13.2 Å². The van der Waals surface area contributed by atoms with Gasteiger partial charge in [-0.2, -0.15) is 0 Å². The first-order valence-electron chi connectivity index (χ1n) is 9.99. The van der Waals surface area contributed by atoms with E-state index >= 15 is 0 Å². The summed E-state index contributed by atoms with van der Waals surface area (Å²) in [7, 11) is -3.10. The predicted molar refractivity (Wildman–Crippen MR) is 117 cm³/mol. The molecule has 0 spiro atoms. The van der Waals surface area contributed by atoms with Crippen LogP contribution in [-0.4, -0.2) is 41.8 Å². The minimum Gasteiger partial charge on any atom is -0.467 e. The Morgan fingerprint density at radius 3 is 2.70 bits per heavy atom. The first-order chi connectivity index (χ1) is 14.4. The number of benzene rings is 1. The number of hydrogen-bond acceptors (Lipinski definition) is 6. The quantitative estimate of drug-likeness (QED) is 0.555. The Kier molecular flexibility index (Phi) is 6.06. The van der Waals surface area contributed by atoms with E-state index in [-0.39, 0.29) is 36.4 Å². The van der Waals surface area contributed by atoms with Crippen molar-refractivity contribution in [3.63, 3.8) is 0 Å². The minimum absolute atomic E-state index is 0.00550. The van der Waals surface area contributed by atoms with Gasteiger partial charge in [0.2, 0.25) is 5.91 Å².